The number of aryl methyl sites for hydroxylation is 3. The lowest BCUT2D eigenvalue weighted by Gasteiger charge is -2.19. The SMILES string of the molecule is COc1cc2c(c(OC)c1OC)-c1ccc(NCCCC(=O)Nc3nc(C)c(C)s3)c(=O)cc1C(NC(C)=O)CC2. The van der Waals surface area contributed by atoms with Crippen LogP contribution in [0.2, 0.25) is 0 Å². The van der Waals surface area contributed by atoms with E-state index in [4.69, 9.17) is 14.2 Å². The van der Waals surface area contributed by atoms with E-state index in [-0.39, 0.29) is 29.7 Å². The first kappa shape index (κ1) is 29.9. The van der Waals surface area contributed by atoms with Crippen molar-refractivity contribution in [3.63, 3.8) is 0 Å². The van der Waals surface area contributed by atoms with Crippen molar-refractivity contribution in [1.82, 2.24) is 10.3 Å². The minimum absolute atomic E-state index is 0.126. The third kappa shape index (κ3) is 6.62. The Hall–Kier alpha value is -4.12. The van der Waals surface area contributed by atoms with Crippen LogP contribution in [0.15, 0.2) is 29.1 Å². The Bertz CT molecular complexity index is 1500. The largest absolute Gasteiger partial charge is 0.493 e. The lowest BCUT2D eigenvalue weighted by Crippen LogP contribution is -2.26. The molecule has 2 aromatic carbocycles. The minimum Gasteiger partial charge on any atom is -0.493 e. The number of amides is 2. The van der Waals surface area contributed by atoms with E-state index in [2.05, 4.69) is 20.9 Å². The highest BCUT2D eigenvalue weighted by Gasteiger charge is 2.29. The number of anilines is 2. The zero-order valence-corrected chi connectivity index (χ0v) is 25.0. The minimum atomic E-state index is -0.383. The van der Waals surface area contributed by atoms with Gasteiger partial charge in [0.1, 0.15) is 0 Å². The summed E-state index contributed by atoms with van der Waals surface area (Å²) >= 11 is 1.45. The Morgan fingerprint density at radius 1 is 1.07 bits per heavy atom. The van der Waals surface area contributed by atoms with Crippen molar-refractivity contribution in [2.75, 3.05) is 38.5 Å². The molecule has 3 N–H and O–H groups in total. The molecule has 3 aromatic rings. The number of benzene rings is 1. The van der Waals surface area contributed by atoms with Crippen LogP contribution in [0, 0.1) is 13.8 Å². The number of aromatic nitrogens is 1. The van der Waals surface area contributed by atoms with Crippen LogP contribution in [0.4, 0.5) is 10.8 Å². The summed E-state index contributed by atoms with van der Waals surface area (Å²) in [6.45, 7) is 5.76. The molecule has 10 nitrogen and oxygen atoms in total. The van der Waals surface area contributed by atoms with Crippen molar-refractivity contribution in [2.24, 2.45) is 0 Å². The molecule has 1 aliphatic rings. The molecular formula is C30H36N4O6S. The second-order valence-corrected chi connectivity index (χ2v) is 11.0. The normalized spacial score (nSPS) is 13.8. The molecule has 1 heterocycles. The number of thiazole rings is 1. The molecule has 0 saturated heterocycles. The third-order valence-corrected chi connectivity index (χ3v) is 8.08. The molecule has 11 heteroatoms. The van der Waals surface area contributed by atoms with Crippen LogP contribution in [-0.2, 0) is 16.0 Å². The maximum atomic E-state index is 13.4. The van der Waals surface area contributed by atoms with Crippen molar-refractivity contribution in [3.05, 3.63) is 56.2 Å². The Morgan fingerprint density at radius 3 is 2.46 bits per heavy atom. The predicted molar refractivity (Wildman–Crippen MR) is 161 cm³/mol. The van der Waals surface area contributed by atoms with Crippen LogP contribution in [0.5, 0.6) is 17.2 Å². The number of hydrogen-bond acceptors (Lipinski definition) is 9. The monoisotopic (exact) mass is 580 g/mol. The molecule has 0 bridgehead atoms. The summed E-state index contributed by atoms with van der Waals surface area (Å²) in [5, 5.41) is 9.62. The van der Waals surface area contributed by atoms with E-state index >= 15 is 0 Å². The van der Waals surface area contributed by atoms with Crippen molar-refractivity contribution < 1.29 is 23.8 Å². The van der Waals surface area contributed by atoms with E-state index in [1.807, 2.05) is 26.0 Å². The summed E-state index contributed by atoms with van der Waals surface area (Å²) in [5.74, 6) is 1.17. The first-order valence-corrected chi connectivity index (χ1v) is 14.2. The van der Waals surface area contributed by atoms with E-state index in [1.165, 1.54) is 18.3 Å². The van der Waals surface area contributed by atoms with Gasteiger partial charge in [-0.25, -0.2) is 4.98 Å². The highest BCUT2D eigenvalue weighted by molar-refractivity contribution is 7.15. The Kier molecular flexibility index (Phi) is 9.49. The number of rotatable bonds is 10. The van der Waals surface area contributed by atoms with E-state index in [9.17, 15) is 14.4 Å². The maximum Gasteiger partial charge on any atom is 0.226 e. The zero-order chi connectivity index (χ0) is 29.7. The average Bonchev–Trinajstić information content (AvgIpc) is 3.07. The quantitative estimate of drug-likeness (QED) is 0.293. The standard InChI is InChI=1S/C30H36N4O6S/c1-16-17(2)41-30(32-16)34-26(37)8-7-13-31-23-12-10-20-21(15-24(23)36)22(33-18(3)35)11-9-19-14-25(38-4)28(39-5)29(40-6)27(19)20/h10,12,14-15,22H,7-9,11,13H2,1-6H3,(H,31,36)(H,33,35)(H,32,34,37). The summed E-state index contributed by atoms with van der Waals surface area (Å²) in [6.07, 6.45) is 2.01. The Morgan fingerprint density at radius 2 is 1.83 bits per heavy atom. The van der Waals surface area contributed by atoms with Crippen LogP contribution < -0.4 is 35.6 Å². The van der Waals surface area contributed by atoms with E-state index < -0.39 is 0 Å². The summed E-state index contributed by atoms with van der Waals surface area (Å²) < 4.78 is 17.0. The molecule has 1 aromatic heterocycles. The molecule has 2 amide bonds. The molecule has 218 valence electrons. The van der Waals surface area contributed by atoms with Crippen molar-refractivity contribution >= 4 is 34.0 Å². The number of nitrogens with zero attached hydrogens (tertiary/aromatic N) is 1. The molecule has 1 unspecified atom stereocenters. The maximum absolute atomic E-state index is 13.4. The van der Waals surface area contributed by atoms with E-state index in [0.29, 0.717) is 59.4 Å². The molecule has 0 spiro atoms. The van der Waals surface area contributed by atoms with Crippen molar-refractivity contribution in [1.29, 1.82) is 0 Å². The highest BCUT2D eigenvalue weighted by Crippen LogP contribution is 2.50. The predicted octanol–water partition coefficient (Wildman–Crippen LogP) is 4.77. The van der Waals surface area contributed by atoms with E-state index in [1.54, 1.807) is 33.5 Å². The van der Waals surface area contributed by atoms with Gasteiger partial charge in [-0.1, -0.05) is 6.07 Å². The number of fused-ring (bicyclic) bond motifs is 3. The zero-order valence-electron chi connectivity index (χ0n) is 24.2. The van der Waals surface area contributed by atoms with Gasteiger partial charge in [0.2, 0.25) is 23.0 Å². The number of nitrogens with one attached hydrogen (secondary N) is 3. The molecule has 41 heavy (non-hydrogen) atoms. The van der Waals surface area contributed by atoms with Gasteiger partial charge in [-0.3, -0.25) is 14.4 Å². The first-order valence-electron chi connectivity index (χ1n) is 13.4. The molecule has 0 fully saturated rings. The molecular weight excluding hydrogens is 544 g/mol. The second-order valence-electron chi connectivity index (χ2n) is 9.83. The highest BCUT2D eigenvalue weighted by atomic mass is 32.1. The van der Waals surface area contributed by atoms with Gasteiger partial charge in [0.25, 0.3) is 0 Å². The van der Waals surface area contributed by atoms with Gasteiger partial charge < -0.3 is 30.2 Å². The van der Waals surface area contributed by atoms with Crippen LogP contribution in [-0.4, -0.2) is 44.7 Å². The smallest absolute Gasteiger partial charge is 0.226 e. The third-order valence-electron chi connectivity index (χ3n) is 7.09. The average molecular weight is 581 g/mol. The van der Waals surface area contributed by atoms with Gasteiger partial charge in [-0.2, -0.15) is 0 Å². The fraction of sp³-hybridized carbons (Fsp3) is 0.400. The van der Waals surface area contributed by atoms with Crippen LogP contribution in [0.1, 0.15) is 53.9 Å². The lowest BCUT2D eigenvalue weighted by molar-refractivity contribution is -0.119. The first-order chi connectivity index (χ1) is 19.7. The van der Waals surface area contributed by atoms with Gasteiger partial charge in [0, 0.05) is 30.3 Å². The van der Waals surface area contributed by atoms with Crippen LogP contribution in [0.25, 0.3) is 11.1 Å². The number of methoxy groups -OCH3 is 3. The van der Waals surface area contributed by atoms with Gasteiger partial charge >= 0.3 is 0 Å². The summed E-state index contributed by atoms with van der Waals surface area (Å²) in [7, 11) is 4.68. The topological polar surface area (TPSA) is 128 Å². The summed E-state index contributed by atoms with van der Waals surface area (Å²) in [4.78, 5) is 43.3. The molecule has 0 aliphatic heterocycles. The summed E-state index contributed by atoms with van der Waals surface area (Å²) in [5.41, 5.74) is 4.28. The molecule has 4 rings (SSSR count). The fourth-order valence-corrected chi connectivity index (χ4v) is 5.86. The Balaban J connectivity index is 1.63. The van der Waals surface area contributed by atoms with Gasteiger partial charge in [0.05, 0.1) is 38.8 Å². The van der Waals surface area contributed by atoms with Gasteiger partial charge in [-0.05, 0) is 68.0 Å². The molecule has 1 aliphatic carbocycles. The number of ether oxygens (including phenoxy) is 3. The fourth-order valence-electron chi connectivity index (χ4n) is 5.03. The van der Waals surface area contributed by atoms with Crippen LogP contribution >= 0.6 is 11.3 Å². The van der Waals surface area contributed by atoms with Crippen molar-refractivity contribution in [2.45, 2.75) is 52.5 Å². The molecule has 0 saturated carbocycles. The summed E-state index contributed by atoms with van der Waals surface area (Å²) in [6, 6.07) is 6.71. The molecule has 0 radical (unpaired) electrons. The molecule has 1 atom stereocenters. The van der Waals surface area contributed by atoms with Gasteiger partial charge in [-0.15, -0.1) is 11.3 Å². The van der Waals surface area contributed by atoms with Gasteiger partial charge in [0.15, 0.2) is 16.6 Å². The van der Waals surface area contributed by atoms with Crippen molar-refractivity contribution in [3.8, 4) is 28.4 Å². The number of carbonyl (C=O) groups excluding carboxylic acids is 2. The van der Waals surface area contributed by atoms with E-state index in [0.717, 1.165) is 27.3 Å². The lowest BCUT2D eigenvalue weighted by atomic mass is 9.95. The Labute approximate surface area is 243 Å². The number of carbonyl (C=O) groups is 2. The second kappa shape index (κ2) is 13.0. The van der Waals surface area contributed by atoms with Crippen LogP contribution in [0.3, 0.4) is 0 Å². The number of hydrogen-bond donors (Lipinski definition) is 3.